The van der Waals surface area contributed by atoms with Crippen LogP contribution in [0.25, 0.3) is 0 Å². The van der Waals surface area contributed by atoms with Gasteiger partial charge in [0.1, 0.15) is 5.60 Å². The van der Waals surface area contributed by atoms with E-state index in [1.807, 2.05) is 6.26 Å². The number of methoxy groups -OCH3 is 2. The average molecular weight is 393 g/mol. The van der Waals surface area contributed by atoms with E-state index in [2.05, 4.69) is 25.7 Å². The fourth-order valence-corrected chi connectivity index (χ4v) is 2.41. The Balaban J connectivity index is 2.35. The second-order valence-electron chi connectivity index (χ2n) is 6.47. The quantitative estimate of drug-likeness (QED) is 0.741. The van der Waals surface area contributed by atoms with Crippen molar-refractivity contribution >= 4 is 23.5 Å². The highest BCUT2D eigenvalue weighted by Crippen LogP contribution is 2.34. The first-order valence-electron chi connectivity index (χ1n) is 8.11. The molecule has 0 aliphatic rings. The molecule has 146 valence electrons. The van der Waals surface area contributed by atoms with E-state index >= 15 is 0 Å². The summed E-state index contributed by atoms with van der Waals surface area (Å²) in [5.41, 5.74) is 0.587. The van der Waals surface area contributed by atoms with Crippen LogP contribution in [0.2, 0.25) is 0 Å². The normalized spacial score (nSPS) is 11.0. The number of hydrogen-bond acceptors (Lipinski definition) is 9. The molecule has 1 N–H and O–H groups in total. The fraction of sp³-hybridized carbons (Fsp3) is 0.471. The lowest BCUT2D eigenvalue weighted by Crippen LogP contribution is -2.27. The van der Waals surface area contributed by atoms with Crippen LogP contribution in [0.15, 0.2) is 17.3 Å². The number of hydrogen-bond donors (Lipinski definition) is 1. The molecule has 1 amide bonds. The lowest BCUT2D eigenvalue weighted by atomic mass is 10.1. The molecule has 0 saturated heterocycles. The zero-order valence-corrected chi connectivity index (χ0v) is 17.0. The minimum Gasteiger partial charge on any atom is -0.493 e. The maximum absolute atomic E-state index is 12.2. The van der Waals surface area contributed by atoms with E-state index in [9.17, 15) is 4.79 Å². The van der Waals surface area contributed by atoms with Crippen LogP contribution in [0.1, 0.15) is 32.2 Å². The van der Waals surface area contributed by atoms with Crippen molar-refractivity contribution in [3.05, 3.63) is 23.5 Å². The fourth-order valence-electron chi connectivity index (χ4n) is 2.16. The molecule has 1 aromatic heterocycles. The van der Waals surface area contributed by atoms with Crippen molar-refractivity contribution in [1.29, 1.82) is 0 Å². The van der Waals surface area contributed by atoms with Gasteiger partial charge in [-0.05, 0) is 38.7 Å². The van der Waals surface area contributed by atoms with E-state index in [0.717, 1.165) is 0 Å². The number of ether oxygens (including phenoxy) is 3. The van der Waals surface area contributed by atoms with Gasteiger partial charge in [0.15, 0.2) is 17.3 Å². The Morgan fingerprint density at radius 2 is 1.67 bits per heavy atom. The van der Waals surface area contributed by atoms with Gasteiger partial charge in [-0.3, -0.25) is 5.32 Å². The zero-order valence-electron chi connectivity index (χ0n) is 16.2. The Morgan fingerprint density at radius 1 is 1.07 bits per heavy atom. The summed E-state index contributed by atoms with van der Waals surface area (Å²) in [6, 6.07) is 3.41. The first kappa shape index (κ1) is 20.7. The average Bonchev–Trinajstić information content (AvgIpc) is 2.61. The summed E-state index contributed by atoms with van der Waals surface area (Å²) >= 11 is 1.35. The van der Waals surface area contributed by atoms with Gasteiger partial charge in [-0.2, -0.15) is 0 Å². The van der Waals surface area contributed by atoms with Crippen LogP contribution in [-0.2, 0) is 11.2 Å². The summed E-state index contributed by atoms with van der Waals surface area (Å²) < 4.78 is 16.0. The van der Waals surface area contributed by atoms with Crippen LogP contribution in [0.4, 0.5) is 10.5 Å². The van der Waals surface area contributed by atoms with E-state index < -0.39 is 11.7 Å². The van der Waals surface area contributed by atoms with Crippen molar-refractivity contribution in [3.63, 3.8) is 0 Å². The van der Waals surface area contributed by atoms with Gasteiger partial charge < -0.3 is 14.2 Å². The monoisotopic (exact) mass is 393 g/mol. The lowest BCUT2D eigenvalue weighted by molar-refractivity contribution is 0.0635. The van der Waals surface area contributed by atoms with E-state index in [1.165, 1.54) is 26.0 Å². The molecule has 0 fully saturated rings. The standard InChI is InChI=1S/C17H23N5O4S/c1-17(2,3)26-16(23)18-11-9-13(25-5)12(24-4)7-10(11)8-14-19-21-15(27-6)22-20-14/h7,9H,8H2,1-6H3,(H,18,23). The lowest BCUT2D eigenvalue weighted by Gasteiger charge is -2.21. The smallest absolute Gasteiger partial charge is 0.412 e. The van der Waals surface area contributed by atoms with Crippen LogP contribution >= 0.6 is 11.8 Å². The minimum absolute atomic E-state index is 0.292. The molecule has 10 heteroatoms. The summed E-state index contributed by atoms with van der Waals surface area (Å²) in [6.07, 6.45) is 1.56. The van der Waals surface area contributed by atoms with Crippen molar-refractivity contribution < 1.29 is 19.0 Å². The van der Waals surface area contributed by atoms with Crippen molar-refractivity contribution in [2.75, 3.05) is 25.8 Å². The SMILES string of the molecule is COc1cc(Cc2nnc(SC)nn2)c(NC(=O)OC(C)(C)C)cc1OC. The largest absolute Gasteiger partial charge is 0.493 e. The summed E-state index contributed by atoms with van der Waals surface area (Å²) in [5.74, 6) is 1.40. The highest BCUT2D eigenvalue weighted by molar-refractivity contribution is 7.98. The molecular formula is C17H23N5O4S. The number of aromatic nitrogens is 4. The molecule has 0 unspecified atom stereocenters. The molecule has 0 aliphatic heterocycles. The van der Waals surface area contributed by atoms with Gasteiger partial charge in [-0.25, -0.2) is 4.79 Å². The summed E-state index contributed by atoms with van der Waals surface area (Å²) in [4.78, 5) is 12.2. The number of anilines is 1. The van der Waals surface area contributed by atoms with Crippen LogP contribution in [0, 0.1) is 0 Å². The van der Waals surface area contributed by atoms with Crippen LogP contribution in [0.5, 0.6) is 11.5 Å². The number of carbonyl (C=O) groups is 1. The van der Waals surface area contributed by atoms with E-state index in [-0.39, 0.29) is 0 Å². The molecule has 0 saturated carbocycles. The molecule has 1 aromatic carbocycles. The highest BCUT2D eigenvalue weighted by Gasteiger charge is 2.19. The Hall–Kier alpha value is -2.62. The molecule has 9 nitrogen and oxygen atoms in total. The van der Waals surface area contributed by atoms with Crippen LogP contribution in [-0.4, -0.2) is 52.6 Å². The van der Waals surface area contributed by atoms with Gasteiger partial charge in [-0.15, -0.1) is 20.4 Å². The molecule has 2 rings (SSSR count). The van der Waals surface area contributed by atoms with Crippen molar-refractivity contribution in [2.45, 2.75) is 37.9 Å². The number of thioether (sulfide) groups is 1. The second-order valence-corrected chi connectivity index (χ2v) is 7.24. The summed E-state index contributed by atoms with van der Waals surface area (Å²) in [5, 5.41) is 19.3. The predicted octanol–water partition coefficient (Wildman–Crippen LogP) is 2.94. The summed E-state index contributed by atoms with van der Waals surface area (Å²) in [6.45, 7) is 5.38. The van der Waals surface area contributed by atoms with Gasteiger partial charge in [0.05, 0.1) is 19.9 Å². The zero-order chi connectivity index (χ0) is 20.0. The molecule has 1 heterocycles. The Labute approximate surface area is 162 Å². The maximum atomic E-state index is 12.2. The maximum Gasteiger partial charge on any atom is 0.412 e. The number of nitrogens with zero attached hydrogens (tertiary/aromatic N) is 4. The first-order valence-corrected chi connectivity index (χ1v) is 9.33. The Bertz CT molecular complexity index is 793. The molecule has 0 atom stereocenters. The third kappa shape index (κ3) is 5.95. The van der Waals surface area contributed by atoms with Crippen molar-refractivity contribution in [3.8, 4) is 11.5 Å². The van der Waals surface area contributed by atoms with Crippen molar-refractivity contribution in [2.24, 2.45) is 0 Å². The van der Waals surface area contributed by atoms with E-state index in [1.54, 1.807) is 32.9 Å². The second kappa shape index (κ2) is 8.85. The molecular weight excluding hydrogens is 370 g/mol. The minimum atomic E-state index is -0.620. The first-order chi connectivity index (χ1) is 12.8. The van der Waals surface area contributed by atoms with Crippen LogP contribution in [0.3, 0.4) is 0 Å². The Kier molecular flexibility index (Phi) is 6.78. The number of carbonyl (C=O) groups excluding carboxylic acids is 1. The molecule has 0 bridgehead atoms. The molecule has 0 radical (unpaired) electrons. The summed E-state index contributed by atoms with van der Waals surface area (Å²) in [7, 11) is 3.06. The van der Waals surface area contributed by atoms with Gasteiger partial charge in [-0.1, -0.05) is 11.8 Å². The number of rotatable bonds is 6. The van der Waals surface area contributed by atoms with Gasteiger partial charge >= 0.3 is 6.09 Å². The van der Waals surface area contributed by atoms with Crippen molar-refractivity contribution in [1.82, 2.24) is 20.4 Å². The molecule has 0 spiro atoms. The van der Waals surface area contributed by atoms with E-state index in [0.29, 0.717) is 40.2 Å². The molecule has 2 aromatic rings. The molecule has 27 heavy (non-hydrogen) atoms. The highest BCUT2D eigenvalue weighted by atomic mass is 32.2. The Morgan fingerprint density at radius 3 is 2.19 bits per heavy atom. The predicted molar refractivity (Wildman–Crippen MR) is 102 cm³/mol. The van der Waals surface area contributed by atoms with Gasteiger partial charge in [0.25, 0.3) is 0 Å². The van der Waals surface area contributed by atoms with E-state index in [4.69, 9.17) is 14.2 Å². The number of benzene rings is 1. The topological polar surface area (TPSA) is 108 Å². The number of amides is 1. The third-order valence-electron chi connectivity index (χ3n) is 3.28. The van der Waals surface area contributed by atoms with Crippen LogP contribution < -0.4 is 14.8 Å². The molecule has 0 aliphatic carbocycles. The van der Waals surface area contributed by atoms with Gasteiger partial charge in [0.2, 0.25) is 5.16 Å². The van der Waals surface area contributed by atoms with Gasteiger partial charge in [0, 0.05) is 12.5 Å². The number of nitrogens with one attached hydrogen (secondary N) is 1. The third-order valence-corrected chi connectivity index (χ3v) is 3.81.